The smallest absolute Gasteiger partial charge is 0.243 e. The predicted molar refractivity (Wildman–Crippen MR) is 35.9 cm³/mol. The summed E-state index contributed by atoms with van der Waals surface area (Å²) >= 11 is 0. The van der Waals surface area contributed by atoms with E-state index in [9.17, 15) is 0 Å². The Kier molecular flexibility index (Phi) is 4.29. The fourth-order valence-corrected chi connectivity index (χ4v) is 0.741. The number of hydrogen-bond acceptors (Lipinski definition) is 2. The second-order valence-corrected chi connectivity index (χ2v) is 2.07. The molecule has 1 heterocycles. The van der Waals surface area contributed by atoms with Crippen molar-refractivity contribution in [3.63, 3.8) is 0 Å². The summed E-state index contributed by atoms with van der Waals surface area (Å²) in [6.07, 6.45) is 7.16. The zero-order valence-electron chi connectivity index (χ0n) is 6.18. The van der Waals surface area contributed by atoms with Crippen LogP contribution in [0.25, 0.3) is 0 Å². The van der Waals surface area contributed by atoms with Gasteiger partial charge < -0.3 is 17.6 Å². The van der Waals surface area contributed by atoms with Crippen molar-refractivity contribution in [2.75, 3.05) is 0 Å². The highest BCUT2D eigenvalue weighted by molar-refractivity contribution is 5.55. The summed E-state index contributed by atoms with van der Waals surface area (Å²) in [5.41, 5.74) is 0. The van der Waals surface area contributed by atoms with Gasteiger partial charge in [0.05, 0.1) is 13.3 Å². The molecule has 0 saturated heterocycles. The summed E-state index contributed by atoms with van der Waals surface area (Å²) in [4.78, 5) is 0. The lowest BCUT2D eigenvalue weighted by Gasteiger charge is -1.83. The maximum Gasteiger partial charge on any atom is 0.243 e. The highest BCUT2D eigenvalue weighted by Gasteiger charge is 1.95. The van der Waals surface area contributed by atoms with Crippen molar-refractivity contribution >= 4 is 6.21 Å². The Balaban J connectivity index is 0.000001000. The molecule has 4 nitrogen and oxygen atoms in total. The first kappa shape index (κ1) is 9.97. The number of aryl methyl sites for hydroxylation is 1. The average Bonchev–Trinajstić information content (AvgIpc) is 2.31. The molecule has 0 aliphatic carbocycles. The maximum atomic E-state index is 8.08. The van der Waals surface area contributed by atoms with E-state index in [0.29, 0.717) is 6.54 Å². The maximum absolute atomic E-state index is 8.08. The first-order valence-corrected chi connectivity index (χ1v) is 3.00. The largest absolute Gasteiger partial charge is 1.00 e. The summed E-state index contributed by atoms with van der Waals surface area (Å²) in [5.74, 6) is 0. The van der Waals surface area contributed by atoms with Gasteiger partial charge in [-0.15, -0.1) is 0 Å². The van der Waals surface area contributed by atoms with E-state index >= 15 is 0 Å². The zero-order chi connectivity index (χ0) is 7.40. The van der Waals surface area contributed by atoms with Gasteiger partial charge >= 0.3 is 0 Å². The van der Waals surface area contributed by atoms with Crippen LogP contribution in [0.3, 0.4) is 0 Å². The molecule has 1 aromatic heterocycles. The van der Waals surface area contributed by atoms with E-state index in [-0.39, 0.29) is 12.4 Å². The average molecular weight is 176 g/mol. The first-order chi connectivity index (χ1) is 4.83. The lowest BCUT2D eigenvalue weighted by molar-refractivity contribution is -0.671. The van der Waals surface area contributed by atoms with Gasteiger partial charge in [0, 0.05) is 0 Å². The SMILES string of the molecule is C[n+]1ccn(CC=NO)c1.[Cl-]. The molecule has 11 heavy (non-hydrogen) atoms. The van der Waals surface area contributed by atoms with Crippen LogP contribution in [0.2, 0.25) is 0 Å². The molecule has 1 rings (SSSR count). The van der Waals surface area contributed by atoms with Gasteiger partial charge in [-0.1, -0.05) is 5.16 Å². The second kappa shape index (κ2) is 4.73. The quantitative estimate of drug-likeness (QED) is 0.219. The number of imidazole rings is 1. The molecule has 0 radical (unpaired) electrons. The van der Waals surface area contributed by atoms with Gasteiger partial charge in [0.1, 0.15) is 18.9 Å². The fraction of sp³-hybridized carbons (Fsp3) is 0.333. The topological polar surface area (TPSA) is 41.4 Å². The van der Waals surface area contributed by atoms with E-state index in [1.807, 2.05) is 34.9 Å². The Labute approximate surface area is 71.2 Å². The molecule has 0 aliphatic rings. The van der Waals surface area contributed by atoms with Crippen LogP contribution in [0, 0.1) is 0 Å². The Hall–Kier alpha value is -1.03. The molecule has 1 N–H and O–H groups in total. The second-order valence-electron chi connectivity index (χ2n) is 2.07. The number of halogens is 1. The van der Waals surface area contributed by atoms with Crippen molar-refractivity contribution in [2.45, 2.75) is 6.54 Å². The highest BCUT2D eigenvalue weighted by Crippen LogP contribution is 1.79. The molecule has 0 unspecified atom stereocenters. The standard InChI is InChI=1S/C6H9N3O.ClH/c1-8-4-5-9(6-8)3-2-7-10;/h2,4-6H,3H2,1H3;1H. The van der Waals surface area contributed by atoms with E-state index in [1.165, 1.54) is 6.21 Å². The third kappa shape index (κ3) is 3.04. The van der Waals surface area contributed by atoms with Gasteiger partial charge in [-0.2, -0.15) is 0 Å². The van der Waals surface area contributed by atoms with Crippen molar-refractivity contribution in [3.05, 3.63) is 18.7 Å². The van der Waals surface area contributed by atoms with E-state index in [2.05, 4.69) is 5.16 Å². The van der Waals surface area contributed by atoms with Gasteiger partial charge in [0.2, 0.25) is 6.33 Å². The monoisotopic (exact) mass is 175 g/mol. The lowest BCUT2D eigenvalue weighted by atomic mass is 10.7. The molecule has 0 saturated carbocycles. The molecule has 0 atom stereocenters. The Bertz CT molecular complexity index is 233. The number of nitrogens with zero attached hydrogens (tertiary/aromatic N) is 3. The van der Waals surface area contributed by atoms with Crippen LogP contribution >= 0.6 is 0 Å². The predicted octanol–water partition coefficient (Wildman–Crippen LogP) is -3.22. The van der Waals surface area contributed by atoms with Gasteiger partial charge in [-0.05, 0) is 0 Å². The molecule has 0 aliphatic heterocycles. The number of oxime groups is 1. The Morgan fingerprint density at radius 1 is 1.73 bits per heavy atom. The molecule has 0 fully saturated rings. The van der Waals surface area contributed by atoms with E-state index in [1.54, 1.807) is 0 Å². The van der Waals surface area contributed by atoms with Crippen LogP contribution < -0.4 is 17.0 Å². The van der Waals surface area contributed by atoms with Gasteiger partial charge in [0.25, 0.3) is 0 Å². The summed E-state index contributed by atoms with van der Waals surface area (Å²) in [6.45, 7) is 0.608. The first-order valence-electron chi connectivity index (χ1n) is 3.00. The van der Waals surface area contributed by atoms with Gasteiger partial charge in [-0.3, -0.25) is 0 Å². The van der Waals surface area contributed by atoms with Crippen LogP contribution in [0.15, 0.2) is 23.9 Å². The highest BCUT2D eigenvalue weighted by atomic mass is 35.5. The minimum atomic E-state index is 0. The number of hydrogen-bond donors (Lipinski definition) is 1. The van der Waals surface area contributed by atoms with Crippen LogP contribution in [0.4, 0.5) is 0 Å². The normalized spacial score (nSPS) is 9.91. The molecule has 0 bridgehead atoms. The third-order valence-electron chi connectivity index (χ3n) is 1.20. The minimum absolute atomic E-state index is 0. The molecular weight excluding hydrogens is 166 g/mol. The summed E-state index contributed by atoms with van der Waals surface area (Å²) in [5, 5.41) is 11.0. The van der Waals surface area contributed by atoms with Gasteiger partial charge in [0.15, 0.2) is 0 Å². The van der Waals surface area contributed by atoms with Gasteiger partial charge in [-0.25, -0.2) is 9.13 Å². The minimum Gasteiger partial charge on any atom is -1.00 e. The molecule has 0 amide bonds. The summed E-state index contributed by atoms with van der Waals surface area (Å²) in [7, 11) is 1.94. The molecule has 62 valence electrons. The van der Waals surface area contributed by atoms with Crippen molar-refractivity contribution in [1.29, 1.82) is 0 Å². The Morgan fingerprint density at radius 3 is 2.91 bits per heavy atom. The molecule has 0 spiro atoms. The van der Waals surface area contributed by atoms with Crippen LogP contribution in [0.5, 0.6) is 0 Å². The molecule has 5 heteroatoms. The molecular formula is C6H10ClN3O. The van der Waals surface area contributed by atoms with Crippen molar-refractivity contribution in [2.24, 2.45) is 12.2 Å². The van der Waals surface area contributed by atoms with Crippen molar-refractivity contribution in [1.82, 2.24) is 4.57 Å². The fourth-order valence-electron chi connectivity index (χ4n) is 0.741. The van der Waals surface area contributed by atoms with E-state index in [4.69, 9.17) is 5.21 Å². The zero-order valence-corrected chi connectivity index (χ0v) is 6.94. The van der Waals surface area contributed by atoms with Crippen molar-refractivity contribution < 1.29 is 22.2 Å². The van der Waals surface area contributed by atoms with Crippen LogP contribution in [-0.4, -0.2) is 16.0 Å². The summed E-state index contributed by atoms with van der Waals surface area (Å²) < 4.78 is 3.82. The molecule has 1 aromatic rings. The third-order valence-corrected chi connectivity index (χ3v) is 1.20. The van der Waals surface area contributed by atoms with Crippen LogP contribution in [-0.2, 0) is 13.6 Å². The van der Waals surface area contributed by atoms with Crippen molar-refractivity contribution in [3.8, 4) is 0 Å². The van der Waals surface area contributed by atoms with Crippen LogP contribution in [0.1, 0.15) is 0 Å². The number of aromatic nitrogens is 2. The van der Waals surface area contributed by atoms with E-state index in [0.717, 1.165) is 0 Å². The van der Waals surface area contributed by atoms with E-state index < -0.39 is 0 Å². The lowest BCUT2D eigenvalue weighted by Crippen LogP contribution is -3.00. The Morgan fingerprint density at radius 2 is 2.45 bits per heavy atom. The summed E-state index contributed by atoms with van der Waals surface area (Å²) in [6, 6.07) is 0. The number of rotatable bonds is 2. The molecule has 0 aromatic carbocycles.